The van der Waals surface area contributed by atoms with Crippen LogP contribution in [0.25, 0.3) is 0 Å². The van der Waals surface area contributed by atoms with Crippen LogP contribution in [-0.2, 0) is 4.74 Å². The summed E-state index contributed by atoms with van der Waals surface area (Å²) in [4.78, 5) is 11.2. The fraction of sp³-hybridized carbons (Fsp3) is 0.364. The van der Waals surface area contributed by atoms with Gasteiger partial charge in [0.05, 0.1) is 18.2 Å². The summed E-state index contributed by atoms with van der Waals surface area (Å²) >= 11 is 3.37. The van der Waals surface area contributed by atoms with Gasteiger partial charge in [-0.2, -0.15) is 0 Å². The number of benzene rings is 1. The standard InChI is InChI=1S/C11H13BrN2O2/c12-7-1-2-9(11(13)15)10(5-7)14-8-3-4-16-6-8/h1-2,5,8,14H,3-4,6H2,(H2,13,15)/t8-/m0/s1. The van der Waals surface area contributed by atoms with Gasteiger partial charge in [0.1, 0.15) is 0 Å². The maximum absolute atomic E-state index is 11.2. The molecule has 5 heteroatoms. The number of ether oxygens (including phenoxy) is 1. The Kier molecular flexibility index (Phi) is 3.46. The first-order valence-corrected chi connectivity index (χ1v) is 5.90. The van der Waals surface area contributed by atoms with Crippen molar-refractivity contribution in [3.8, 4) is 0 Å². The first kappa shape index (κ1) is 11.4. The number of carbonyl (C=O) groups is 1. The molecule has 1 aliphatic heterocycles. The Bertz CT molecular complexity index is 403. The molecule has 0 spiro atoms. The van der Waals surface area contributed by atoms with Crippen LogP contribution in [0.2, 0.25) is 0 Å². The summed E-state index contributed by atoms with van der Waals surface area (Å²) in [6, 6.07) is 5.63. The third-order valence-corrected chi connectivity index (χ3v) is 3.03. The van der Waals surface area contributed by atoms with E-state index in [0.29, 0.717) is 12.2 Å². The summed E-state index contributed by atoms with van der Waals surface area (Å²) in [5, 5.41) is 3.28. The van der Waals surface area contributed by atoms with Crippen molar-refractivity contribution in [2.24, 2.45) is 5.73 Å². The lowest BCUT2D eigenvalue weighted by molar-refractivity contribution is 0.100. The maximum Gasteiger partial charge on any atom is 0.250 e. The number of nitrogens with one attached hydrogen (secondary N) is 1. The highest BCUT2D eigenvalue weighted by Gasteiger charge is 2.17. The van der Waals surface area contributed by atoms with Gasteiger partial charge in [-0.15, -0.1) is 0 Å². The van der Waals surface area contributed by atoms with Gasteiger partial charge in [0.25, 0.3) is 5.91 Å². The highest BCUT2D eigenvalue weighted by atomic mass is 79.9. The zero-order chi connectivity index (χ0) is 11.5. The molecule has 1 aromatic carbocycles. The molecule has 0 aliphatic carbocycles. The first-order chi connectivity index (χ1) is 7.66. The Morgan fingerprint density at radius 3 is 3.00 bits per heavy atom. The van der Waals surface area contributed by atoms with Gasteiger partial charge in [-0.3, -0.25) is 4.79 Å². The van der Waals surface area contributed by atoms with Gasteiger partial charge in [-0.1, -0.05) is 15.9 Å². The van der Waals surface area contributed by atoms with E-state index in [4.69, 9.17) is 10.5 Å². The molecule has 1 amide bonds. The van der Waals surface area contributed by atoms with Crippen LogP contribution in [0, 0.1) is 0 Å². The summed E-state index contributed by atoms with van der Waals surface area (Å²) in [7, 11) is 0. The number of halogens is 1. The SMILES string of the molecule is NC(=O)c1ccc(Br)cc1N[C@H]1CCOC1. The summed E-state index contributed by atoms with van der Waals surface area (Å²) < 4.78 is 6.19. The number of hydrogen-bond acceptors (Lipinski definition) is 3. The molecule has 3 N–H and O–H groups in total. The van der Waals surface area contributed by atoms with Crippen molar-refractivity contribution in [1.29, 1.82) is 0 Å². The number of anilines is 1. The molecule has 86 valence electrons. The third-order valence-electron chi connectivity index (χ3n) is 2.54. The van der Waals surface area contributed by atoms with Gasteiger partial charge in [-0.25, -0.2) is 0 Å². The van der Waals surface area contributed by atoms with Crippen molar-refractivity contribution in [2.75, 3.05) is 18.5 Å². The summed E-state index contributed by atoms with van der Waals surface area (Å²) in [5.41, 5.74) is 6.58. The fourth-order valence-corrected chi connectivity index (χ4v) is 2.08. The van der Waals surface area contributed by atoms with Crippen LogP contribution >= 0.6 is 15.9 Å². The van der Waals surface area contributed by atoms with E-state index in [-0.39, 0.29) is 6.04 Å². The molecule has 4 nitrogen and oxygen atoms in total. The highest BCUT2D eigenvalue weighted by Crippen LogP contribution is 2.23. The molecule has 2 rings (SSSR count). The van der Waals surface area contributed by atoms with Crippen molar-refractivity contribution in [1.82, 2.24) is 0 Å². The molecule has 1 aromatic rings. The molecule has 1 atom stereocenters. The number of rotatable bonds is 3. The minimum Gasteiger partial charge on any atom is -0.379 e. The minimum absolute atomic E-state index is 0.257. The summed E-state index contributed by atoms with van der Waals surface area (Å²) in [6.45, 7) is 1.43. The van der Waals surface area contributed by atoms with Crippen molar-refractivity contribution in [3.63, 3.8) is 0 Å². The number of hydrogen-bond donors (Lipinski definition) is 2. The molecular weight excluding hydrogens is 272 g/mol. The molecule has 16 heavy (non-hydrogen) atoms. The zero-order valence-electron chi connectivity index (χ0n) is 8.70. The number of primary amides is 1. The summed E-state index contributed by atoms with van der Waals surface area (Å²) in [6.07, 6.45) is 0.949. The van der Waals surface area contributed by atoms with Gasteiger partial charge in [0.2, 0.25) is 0 Å². The van der Waals surface area contributed by atoms with Crippen molar-refractivity contribution < 1.29 is 9.53 Å². The Hall–Kier alpha value is -1.07. The van der Waals surface area contributed by atoms with E-state index in [2.05, 4.69) is 21.2 Å². The molecule has 0 bridgehead atoms. The number of carbonyl (C=O) groups excluding carboxylic acids is 1. The Balaban J connectivity index is 2.22. The normalized spacial score (nSPS) is 19.7. The zero-order valence-corrected chi connectivity index (χ0v) is 10.3. The van der Waals surface area contributed by atoms with Gasteiger partial charge in [-0.05, 0) is 24.6 Å². The lowest BCUT2D eigenvalue weighted by Gasteiger charge is -2.15. The van der Waals surface area contributed by atoms with Crippen LogP contribution in [0.3, 0.4) is 0 Å². The second kappa shape index (κ2) is 4.84. The molecule has 0 saturated carbocycles. The molecule has 1 aliphatic rings. The molecular formula is C11H13BrN2O2. The van der Waals surface area contributed by atoms with Gasteiger partial charge >= 0.3 is 0 Å². The van der Waals surface area contributed by atoms with E-state index in [1.807, 2.05) is 6.07 Å². The van der Waals surface area contributed by atoms with E-state index in [0.717, 1.165) is 23.2 Å². The van der Waals surface area contributed by atoms with Gasteiger partial charge in [0, 0.05) is 16.8 Å². The average Bonchev–Trinajstić information content (AvgIpc) is 2.70. The largest absolute Gasteiger partial charge is 0.379 e. The van der Waals surface area contributed by atoms with E-state index < -0.39 is 5.91 Å². The molecule has 1 fully saturated rings. The quantitative estimate of drug-likeness (QED) is 0.889. The molecule has 1 saturated heterocycles. The number of amides is 1. The Morgan fingerprint density at radius 2 is 2.38 bits per heavy atom. The Morgan fingerprint density at radius 1 is 1.56 bits per heavy atom. The molecule has 1 heterocycles. The monoisotopic (exact) mass is 284 g/mol. The average molecular weight is 285 g/mol. The third kappa shape index (κ3) is 2.54. The van der Waals surface area contributed by atoms with Crippen molar-refractivity contribution in [2.45, 2.75) is 12.5 Å². The molecule has 0 unspecified atom stereocenters. The number of nitrogens with two attached hydrogens (primary N) is 1. The fourth-order valence-electron chi connectivity index (χ4n) is 1.72. The molecule has 0 aromatic heterocycles. The van der Waals surface area contributed by atoms with Crippen molar-refractivity contribution >= 4 is 27.5 Å². The molecule has 0 radical (unpaired) electrons. The van der Waals surface area contributed by atoms with E-state index in [9.17, 15) is 4.79 Å². The van der Waals surface area contributed by atoms with Gasteiger partial charge < -0.3 is 15.8 Å². The van der Waals surface area contributed by atoms with Crippen LogP contribution < -0.4 is 11.1 Å². The highest BCUT2D eigenvalue weighted by molar-refractivity contribution is 9.10. The maximum atomic E-state index is 11.2. The van der Waals surface area contributed by atoms with E-state index in [1.165, 1.54) is 0 Å². The second-order valence-electron chi connectivity index (χ2n) is 3.76. The van der Waals surface area contributed by atoms with Crippen LogP contribution in [0.5, 0.6) is 0 Å². The van der Waals surface area contributed by atoms with Crippen LogP contribution in [0.4, 0.5) is 5.69 Å². The predicted molar refractivity (Wildman–Crippen MR) is 65.5 cm³/mol. The van der Waals surface area contributed by atoms with E-state index in [1.54, 1.807) is 12.1 Å². The minimum atomic E-state index is -0.422. The smallest absolute Gasteiger partial charge is 0.250 e. The van der Waals surface area contributed by atoms with E-state index >= 15 is 0 Å². The first-order valence-electron chi connectivity index (χ1n) is 5.10. The Labute approximate surface area is 102 Å². The van der Waals surface area contributed by atoms with Crippen molar-refractivity contribution in [3.05, 3.63) is 28.2 Å². The lowest BCUT2D eigenvalue weighted by atomic mass is 10.1. The predicted octanol–water partition coefficient (Wildman–Crippen LogP) is 1.75. The summed E-state index contributed by atoms with van der Waals surface area (Å²) in [5.74, 6) is -0.422. The van der Waals surface area contributed by atoms with Gasteiger partial charge in [0.15, 0.2) is 0 Å². The van der Waals surface area contributed by atoms with Crippen LogP contribution in [0.1, 0.15) is 16.8 Å². The lowest BCUT2D eigenvalue weighted by Crippen LogP contribution is -2.22. The topological polar surface area (TPSA) is 64.4 Å². The second-order valence-corrected chi connectivity index (χ2v) is 4.67. The van der Waals surface area contributed by atoms with Crippen LogP contribution in [-0.4, -0.2) is 25.2 Å². The van der Waals surface area contributed by atoms with Crippen LogP contribution in [0.15, 0.2) is 22.7 Å².